The topological polar surface area (TPSA) is 122 Å². The number of nitrogens with one attached hydrogen (secondary N) is 1. The van der Waals surface area contributed by atoms with Gasteiger partial charge in [-0.15, -0.1) is 0 Å². The summed E-state index contributed by atoms with van der Waals surface area (Å²) < 4.78 is 9.88. The first-order valence-electron chi connectivity index (χ1n) is 12.8. The number of ether oxygens (including phenoxy) is 1. The lowest BCUT2D eigenvalue weighted by atomic mass is 10.0. The van der Waals surface area contributed by atoms with Crippen LogP contribution in [0.25, 0.3) is 33.5 Å². The molecule has 4 aromatic rings. The van der Waals surface area contributed by atoms with E-state index < -0.39 is 6.09 Å². The molecule has 1 unspecified atom stereocenters. The van der Waals surface area contributed by atoms with Crippen molar-refractivity contribution in [2.24, 2.45) is 13.0 Å². The number of methoxy groups -OCH3 is 1. The van der Waals surface area contributed by atoms with Crippen molar-refractivity contribution in [3.8, 4) is 17.3 Å². The number of aromatic nitrogens is 3. The smallest absolute Gasteiger partial charge is 0.404 e. The van der Waals surface area contributed by atoms with Crippen LogP contribution in [-0.4, -0.2) is 74.1 Å². The van der Waals surface area contributed by atoms with Gasteiger partial charge in [0.2, 0.25) is 0 Å². The van der Waals surface area contributed by atoms with Crippen molar-refractivity contribution < 1.29 is 24.5 Å². The number of amides is 2. The van der Waals surface area contributed by atoms with Crippen LogP contribution in [0, 0.1) is 5.92 Å². The highest BCUT2D eigenvalue weighted by molar-refractivity contribution is 6.00. The number of aliphatic hydroxyl groups is 1. The number of imidazole rings is 1. The predicted molar refractivity (Wildman–Crippen MR) is 145 cm³/mol. The number of fused-ring (bicyclic) bond motifs is 2. The number of nitrogens with zero attached hydrogens (tertiary/aromatic N) is 4. The number of carbonyl (C=O) groups is 2. The predicted octanol–water partition coefficient (Wildman–Crippen LogP) is 3.70. The Labute approximate surface area is 220 Å². The second-order valence-electron chi connectivity index (χ2n) is 10.1. The lowest BCUT2D eigenvalue weighted by molar-refractivity contribution is 0.0692. The Morgan fingerprint density at radius 1 is 1.24 bits per heavy atom. The van der Waals surface area contributed by atoms with E-state index in [4.69, 9.17) is 14.8 Å². The molecule has 1 saturated heterocycles. The molecule has 1 aliphatic heterocycles. The molecule has 3 N–H and O–H groups in total. The Morgan fingerprint density at radius 3 is 2.76 bits per heavy atom. The van der Waals surface area contributed by atoms with E-state index in [1.54, 1.807) is 24.1 Å². The maximum atomic E-state index is 13.5. The van der Waals surface area contributed by atoms with Crippen LogP contribution < -0.4 is 10.1 Å². The van der Waals surface area contributed by atoms with Gasteiger partial charge in [0.05, 0.1) is 18.3 Å². The van der Waals surface area contributed by atoms with E-state index in [0.29, 0.717) is 42.9 Å². The van der Waals surface area contributed by atoms with Crippen LogP contribution in [0.5, 0.6) is 5.75 Å². The Bertz CT molecular complexity index is 1510. The zero-order chi connectivity index (χ0) is 27.0. The zero-order valence-corrected chi connectivity index (χ0v) is 21.8. The maximum absolute atomic E-state index is 13.5. The molecule has 0 saturated carbocycles. The fourth-order valence-electron chi connectivity index (χ4n) is 5.42. The molecule has 1 fully saturated rings. The van der Waals surface area contributed by atoms with E-state index in [9.17, 15) is 14.7 Å². The van der Waals surface area contributed by atoms with Crippen molar-refractivity contribution in [1.82, 2.24) is 24.3 Å². The van der Waals surface area contributed by atoms with Gasteiger partial charge in [-0.2, -0.15) is 0 Å². The summed E-state index contributed by atoms with van der Waals surface area (Å²) in [5.41, 5.74) is 3.83. The minimum atomic E-state index is -1.08. The highest BCUT2D eigenvalue weighted by Crippen LogP contribution is 2.35. The van der Waals surface area contributed by atoms with E-state index in [0.717, 1.165) is 34.4 Å². The van der Waals surface area contributed by atoms with Gasteiger partial charge in [0.15, 0.2) is 5.82 Å². The molecule has 200 valence electrons. The van der Waals surface area contributed by atoms with Crippen LogP contribution >= 0.6 is 0 Å². The molecule has 0 spiro atoms. The third kappa shape index (κ3) is 4.67. The summed E-state index contributed by atoms with van der Waals surface area (Å²) in [4.78, 5) is 31.2. The summed E-state index contributed by atoms with van der Waals surface area (Å²) in [6.07, 6.45) is 0.338. The second-order valence-corrected chi connectivity index (χ2v) is 10.1. The van der Waals surface area contributed by atoms with Gasteiger partial charge >= 0.3 is 6.09 Å². The van der Waals surface area contributed by atoms with Crippen LogP contribution in [0.2, 0.25) is 0 Å². The molecule has 2 aromatic carbocycles. The lowest BCUT2D eigenvalue weighted by Crippen LogP contribution is -2.49. The molecule has 0 aliphatic carbocycles. The van der Waals surface area contributed by atoms with Crippen molar-refractivity contribution in [1.29, 1.82) is 0 Å². The molecule has 3 heterocycles. The molecule has 0 radical (unpaired) electrons. The summed E-state index contributed by atoms with van der Waals surface area (Å²) in [6, 6.07) is 13.4. The Morgan fingerprint density at radius 2 is 2.03 bits per heavy atom. The number of piperidine rings is 1. The standard InChI is InChI=1S/C28H33N5O5/c1-17(16-34)14-33-22-9-5-4-7-18(22)12-23(33)26-30-21-11-19(13-24(38-3)25(21)31(26)2)27(35)32-10-6-8-20(15-32)29-28(36)37/h4-5,7,9,11-13,17,20,29,34H,6,8,10,14-16H2,1-3H3,(H,36,37)/t17?,20-/m1/s1. The molecule has 1 aliphatic rings. The normalized spacial score (nSPS) is 16.6. The first-order chi connectivity index (χ1) is 18.3. The van der Waals surface area contributed by atoms with Crippen LogP contribution in [-0.2, 0) is 13.6 Å². The molecule has 2 aromatic heterocycles. The number of benzene rings is 2. The summed E-state index contributed by atoms with van der Waals surface area (Å²) in [7, 11) is 3.50. The van der Waals surface area contributed by atoms with E-state index in [-0.39, 0.29) is 24.5 Å². The van der Waals surface area contributed by atoms with Gasteiger partial charge in [0.25, 0.3) is 5.91 Å². The minimum absolute atomic E-state index is 0.0574. The number of hydrogen-bond acceptors (Lipinski definition) is 5. The lowest BCUT2D eigenvalue weighted by Gasteiger charge is -2.32. The van der Waals surface area contributed by atoms with Crippen LogP contribution in [0.3, 0.4) is 0 Å². The minimum Gasteiger partial charge on any atom is -0.494 e. The molecule has 0 bridgehead atoms. The van der Waals surface area contributed by atoms with Crippen molar-refractivity contribution in [3.63, 3.8) is 0 Å². The average Bonchev–Trinajstić information content (AvgIpc) is 3.44. The van der Waals surface area contributed by atoms with Crippen LogP contribution in [0.1, 0.15) is 30.1 Å². The number of carbonyl (C=O) groups excluding carboxylic acids is 1. The average molecular weight is 520 g/mol. The molecule has 38 heavy (non-hydrogen) atoms. The van der Waals surface area contributed by atoms with Gasteiger partial charge < -0.3 is 34.3 Å². The molecule has 10 nitrogen and oxygen atoms in total. The Kier molecular flexibility index (Phi) is 6.98. The molecular formula is C28H33N5O5. The number of aliphatic hydroxyl groups excluding tert-OH is 1. The largest absolute Gasteiger partial charge is 0.494 e. The molecule has 5 rings (SSSR count). The summed E-state index contributed by atoms with van der Waals surface area (Å²) in [6.45, 7) is 3.60. The Balaban J connectivity index is 1.57. The van der Waals surface area contributed by atoms with E-state index in [1.807, 2.05) is 30.7 Å². The monoisotopic (exact) mass is 519 g/mol. The van der Waals surface area contributed by atoms with Gasteiger partial charge in [0.1, 0.15) is 11.3 Å². The third-order valence-corrected chi connectivity index (χ3v) is 7.28. The summed E-state index contributed by atoms with van der Waals surface area (Å²) in [5, 5.41) is 22.4. The quantitative estimate of drug-likeness (QED) is 0.342. The summed E-state index contributed by atoms with van der Waals surface area (Å²) >= 11 is 0. The van der Waals surface area contributed by atoms with E-state index >= 15 is 0 Å². The van der Waals surface area contributed by atoms with Crippen molar-refractivity contribution in [3.05, 3.63) is 48.0 Å². The van der Waals surface area contributed by atoms with Crippen molar-refractivity contribution in [2.45, 2.75) is 32.4 Å². The number of aryl methyl sites for hydroxylation is 1. The summed E-state index contributed by atoms with van der Waals surface area (Å²) in [5.74, 6) is 1.14. The second kappa shape index (κ2) is 10.4. The molecular weight excluding hydrogens is 486 g/mol. The highest BCUT2D eigenvalue weighted by Gasteiger charge is 2.27. The van der Waals surface area contributed by atoms with E-state index in [2.05, 4.69) is 28.1 Å². The van der Waals surface area contributed by atoms with E-state index in [1.165, 1.54) is 0 Å². The van der Waals surface area contributed by atoms with Crippen molar-refractivity contribution in [2.75, 3.05) is 26.8 Å². The van der Waals surface area contributed by atoms with Gasteiger partial charge in [-0.25, -0.2) is 9.78 Å². The SMILES string of the molecule is COc1cc(C(=O)N2CCC[C@@H](NC(=O)O)C2)cc2nc(-c3cc4ccccc4n3CC(C)CO)n(C)c12. The Hall–Kier alpha value is -4.05. The molecule has 2 amide bonds. The van der Waals surface area contributed by atoms with Gasteiger partial charge in [-0.05, 0) is 43.0 Å². The van der Waals surface area contributed by atoms with Crippen molar-refractivity contribution >= 4 is 33.9 Å². The number of rotatable bonds is 7. The number of carboxylic acid groups (broad SMARTS) is 1. The highest BCUT2D eigenvalue weighted by atomic mass is 16.5. The number of likely N-dealkylation sites (tertiary alicyclic amines) is 1. The van der Waals surface area contributed by atoms with Gasteiger partial charge in [0, 0.05) is 55.8 Å². The number of para-hydroxylation sites is 1. The fraction of sp³-hybridized carbons (Fsp3) is 0.393. The van der Waals surface area contributed by atoms with Gasteiger partial charge in [-0.1, -0.05) is 25.1 Å². The first kappa shape index (κ1) is 25.6. The number of hydrogen-bond donors (Lipinski definition) is 3. The van der Waals surface area contributed by atoms with Crippen LogP contribution in [0.4, 0.5) is 4.79 Å². The fourth-order valence-corrected chi connectivity index (χ4v) is 5.42. The molecule has 2 atom stereocenters. The third-order valence-electron chi connectivity index (χ3n) is 7.28. The molecule has 10 heteroatoms. The van der Waals surface area contributed by atoms with Gasteiger partial charge in [-0.3, -0.25) is 4.79 Å². The first-order valence-corrected chi connectivity index (χ1v) is 12.8. The van der Waals surface area contributed by atoms with Crippen LogP contribution in [0.15, 0.2) is 42.5 Å². The maximum Gasteiger partial charge on any atom is 0.404 e. The zero-order valence-electron chi connectivity index (χ0n) is 21.8.